The predicted octanol–water partition coefficient (Wildman–Crippen LogP) is 0.982. The van der Waals surface area contributed by atoms with E-state index in [9.17, 15) is 10.2 Å². The predicted molar refractivity (Wildman–Crippen MR) is 85.0 cm³/mol. The van der Waals surface area contributed by atoms with Gasteiger partial charge < -0.3 is 25.2 Å². The Hall–Kier alpha value is -0.850. The van der Waals surface area contributed by atoms with E-state index in [1.54, 1.807) is 19.1 Å². The Morgan fingerprint density at radius 2 is 2.05 bits per heavy atom. The number of nitrogens with zero attached hydrogens (tertiary/aromatic N) is 1. The van der Waals surface area contributed by atoms with Crippen molar-refractivity contribution >= 4 is 11.6 Å². The van der Waals surface area contributed by atoms with Crippen molar-refractivity contribution in [2.24, 2.45) is 0 Å². The van der Waals surface area contributed by atoms with Crippen molar-refractivity contribution in [2.45, 2.75) is 18.6 Å². The molecule has 21 heavy (non-hydrogen) atoms. The van der Waals surface area contributed by atoms with Crippen LogP contribution in [0.5, 0.6) is 5.75 Å². The number of hydrogen-bond donors (Lipinski definition) is 3. The van der Waals surface area contributed by atoms with Crippen molar-refractivity contribution in [3.05, 3.63) is 29.3 Å². The van der Waals surface area contributed by atoms with E-state index in [0.717, 1.165) is 0 Å². The standard InChI is InChI=1S/C15H25ClN2O3/c1-15(20,11-18(2)3)10-17-8-12(19)9-21-14-7-5-4-6-13(14)16/h4-7,12,17,19-20H,8-11H2,1-3H3. The van der Waals surface area contributed by atoms with Gasteiger partial charge in [0, 0.05) is 19.6 Å². The first-order valence-corrected chi connectivity index (χ1v) is 7.31. The fourth-order valence-electron chi connectivity index (χ4n) is 2.05. The number of aliphatic hydroxyl groups is 2. The summed E-state index contributed by atoms with van der Waals surface area (Å²) in [7, 11) is 3.81. The molecule has 2 atom stereocenters. The maximum atomic E-state index is 10.1. The van der Waals surface area contributed by atoms with Crippen LogP contribution in [0.4, 0.5) is 0 Å². The van der Waals surface area contributed by atoms with Gasteiger partial charge in [0.2, 0.25) is 0 Å². The molecule has 0 aliphatic rings. The normalized spacial score (nSPS) is 15.8. The van der Waals surface area contributed by atoms with E-state index in [1.807, 2.05) is 31.1 Å². The molecule has 0 saturated carbocycles. The molecular weight excluding hydrogens is 292 g/mol. The third-order valence-corrected chi connectivity index (χ3v) is 3.12. The topological polar surface area (TPSA) is 65.0 Å². The van der Waals surface area contributed by atoms with Gasteiger partial charge in [0.25, 0.3) is 0 Å². The molecule has 0 amide bonds. The number of rotatable bonds is 9. The van der Waals surface area contributed by atoms with Gasteiger partial charge >= 0.3 is 0 Å². The second-order valence-electron chi connectivity index (χ2n) is 5.76. The molecular formula is C15H25ClN2O3. The highest BCUT2D eigenvalue weighted by molar-refractivity contribution is 6.32. The third kappa shape index (κ3) is 7.64. The fourth-order valence-corrected chi connectivity index (χ4v) is 2.24. The van der Waals surface area contributed by atoms with Crippen molar-refractivity contribution in [1.29, 1.82) is 0 Å². The Labute approximate surface area is 131 Å². The van der Waals surface area contributed by atoms with E-state index < -0.39 is 11.7 Å². The van der Waals surface area contributed by atoms with Gasteiger partial charge in [-0.25, -0.2) is 0 Å². The summed E-state index contributed by atoms with van der Waals surface area (Å²) < 4.78 is 5.45. The molecule has 3 N–H and O–H groups in total. The highest BCUT2D eigenvalue weighted by Crippen LogP contribution is 2.23. The Morgan fingerprint density at radius 1 is 1.38 bits per heavy atom. The lowest BCUT2D eigenvalue weighted by atomic mass is 10.1. The summed E-state index contributed by atoms with van der Waals surface area (Å²) in [6, 6.07) is 7.13. The lowest BCUT2D eigenvalue weighted by Crippen LogP contribution is -2.47. The molecule has 0 fully saturated rings. The van der Waals surface area contributed by atoms with Crippen molar-refractivity contribution < 1.29 is 14.9 Å². The van der Waals surface area contributed by atoms with Crippen molar-refractivity contribution in [1.82, 2.24) is 10.2 Å². The third-order valence-electron chi connectivity index (χ3n) is 2.81. The first-order chi connectivity index (χ1) is 9.80. The summed E-state index contributed by atoms with van der Waals surface area (Å²) in [5.41, 5.74) is -0.840. The molecule has 2 unspecified atom stereocenters. The lowest BCUT2D eigenvalue weighted by Gasteiger charge is -2.27. The van der Waals surface area contributed by atoms with Gasteiger partial charge in [-0.1, -0.05) is 23.7 Å². The van der Waals surface area contributed by atoms with E-state index >= 15 is 0 Å². The molecule has 0 aliphatic carbocycles. The number of hydrogen-bond acceptors (Lipinski definition) is 5. The molecule has 0 heterocycles. The number of benzene rings is 1. The van der Waals surface area contributed by atoms with Crippen LogP contribution in [0.25, 0.3) is 0 Å². The van der Waals surface area contributed by atoms with Crippen LogP contribution < -0.4 is 10.1 Å². The van der Waals surface area contributed by atoms with E-state index in [1.165, 1.54) is 0 Å². The highest BCUT2D eigenvalue weighted by atomic mass is 35.5. The molecule has 0 bridgehead atoms. The van der Waals surface area contributed by atoms with Crippen molar-refractivity contribution in [2.75, 3.05) is 40.3 Å². The van der Waals surface area contributed by atoms with Gasteiger partial charge in [0.15, 0.2) is 0 Å². The molecule has 0 aliphatic heterocycles. The van der Waals surface area contributed by atoms with Crippen molar-refractivity contribution in [3.63, 3.8) is 0 Å². The quantitative estimate of drug-likeness (QED) is 0.634. The average molecular weight is 317 g/mol. The zero-order chi connectivity index (χ0) is 15.9. The van der Waals surface area contributed by atoms with Crippen LogP contribution in [0.2, 0.25) is 5.02 Å². The second-order valence-corrected chi connectivity index (χ2v) is 6.17. The molecule has 1 rings (SSSR count). The second kappa shape index (κ2) is 8.56. The van der Waals surface area contributed by atoms with Crippen LogP contribution in [0.3, 0.4) is 0 Å². The molecule has 120 valence electrons. The Kier molecular flexibility index (Phi) is 7.42. The summed E-state index contributed by atoms with van der Waals surface area (Å²) in [6.07, 6.45) is -0.670. The molecule has 5 nitrogen and oxygen atoms in total. The van der Waals surface area contributed by atoms with Crippen LogP contribution in [0, 0.1) is 0 Å². The molecule has 1 aromatic rings. The smallest absolute Gasteiger partial charge is 0.138 e. The first-order valence-electron chi connectivity index (χ1n) is 6.93. The molecule has 1 aromatic carbocycles. The zero-order valence-electron chi connectivity index (χ0n) is 12.8. The molecule has 0 aromatic heterocycles. The van der Waals surface area contributed by atoms with Crippen LogP contribution >= 0.6 is 11.6 Å². The van der Waals surface area contributed by atoms with Crippen LogP contribution in [0.15, 0.2) is 24.3 Å². The molecule has 0 saturated heterocycles. The SMILES string of the molecule is CN(C)CC(C)(O)CNCC(O)COc1ccccc1Cl. The first kappa shape index (κ1) is 18.2. The average Bonchev–Trinajstić information content (AvgIpc) is 2.36. The minimum atomic E-state index is -0.840. The largest absolute Gasteiger partial charge is 0.489 e. The Balaban J connectivity index is 2.25. The Bertz CT molecular complexity index is 427. The number of halogens is 1. The van der Waals surface area contributed by atoms with Gasteiger partial charge in [-0.15, -0.1) is 0 Å². The van der Waals surface area contributed by atoms with E-state index in [-0.39, 0.29) is 6.61 Å². The minimum absolute atomic E-state index is 0.145. The van der Waals surface area contributed by atoms with Crippen LogP contribution in [-0.2, 0) is 0 Å². The van der Waals surface area contributed by atoms with Crippen LogP contribution in [0.1, 0.15) is 6.92 Å². The number of aliphatic hydroxyl groups excluding tert-OH is 1. The molecule has 6 heteroatoms. The van der Waals surface area contributed by atoms with E-state index in [4.69, 9.17) is 16.3 Å². The Morgan fingerprint density at radius 3 is 2.67 bits per heavy atom. The van der Waals surface area contributed by atoms with Gasteiger partial charge in [-0.05, 0) is 33.2 Å². The van der Waals surface area contributed by atoms with E-state index in [2.05, 4.69) is 5.32 Å². The number of likely N-dealkylation sites (N-methyl/N-ethyl adjacent to an activating group) is 1. The lowest BCUT2D eigenvalue weighted by molar-refractivity contribution is 0.0286. The maximum absolute atomic E-state index is 10.1. The number of ether oxygens (including phenoxy) is 1. The van der Waals surface area contributed by atoms with E-state index in [0.29, 0.717) is 30.4 Å². The van der Waals surface area contributed by atoms with Crippen LogP contribution in [-0.4, -0.2) is 67.2 Å². The highest BCUT2D eigenvalue weighted by Gasteiger charge is 2.21. The summed E-state index contributed by atoms with van der Waals surface area (Å²) >= 11 is 5.96. The van der Waals surface area contributed by atoms with Gasteiger partial charge in [-0.3, -0.25) is 0 Å². The van der Waals surface area contributed by atoms with Crippen molar-refractivity contribution in [3.8, 4) is 5.75 Å². The summed E-state index contributed by atoms with van der Waals surface area (Å²) in [6.45, 7) is 3.19. The van der Waals surface area contributed by atoms with Gasteiger partial charge in [0.05, 0.1) is 10.6 Å². The monoisotopic (exact) mass is 316 g/mol. The number of para-hydroxylation sites is 1. The van der Waals surface area contributed by atoms with Gasteiger partial charge in [-0.2, -0.15) is 0 Å². The van der Waals surface area contributed by atoms with Gasteiger partial charge in [0.1, 0.15) is 18.5 Å². The molecule has 0 radical (unpaired) electrons. The minimum Gasteiger partial charge on any atom is -0.489 e. The summed E-state index contributed by atoms with van der Waals surface area (Å²) in [5.74, 6) is 0.554. The molecule has 0 spiro atoms. The maximum Gasteiger partial charge on any atom is 0.138 e. The number of nitrogens with one attached hydrogen (secondary N) is 1. The zero-order valence-corrected chi connectivity index (χ0v) is 13.6. The summed E-state index contributed by atoms with van der Waals surface area (Å²) in [5, 5.41) is 23.5. The fraction of sp³-hybridized carbons (Fsp3) is 0.600. The summed E-state index contributed by atoms with van der Waals surface area (Å²) in [4.78, 5) is 1.92.